The third-order valence-electron chi connectivity index (χ3n) is 1.48. The maximum Gasteiger partial charge on any atom is 0.329 e. The van der Waals surface area contributed by atoms with Gasteiger partial charge in [-0.3, -0.25) is 5.43 Å². The van der Waals surface area contributed by atoms with Crippen LogP contribution in [0, 0.1) is 0 Å². The Balaban J connectivity index is 2.41. The molecule has 4 N–H and O–H groups in total. The lowest BCUT2D eigenvalue weighted by Crippen LogP contribution is -2.39. The average Bonchev–Trinajstić information content (AvgIpc) is 2.61. The maximum atomic E-state index is 10.7. The summed E-state index contributed by atoms with van der Waals surface area (Å²) in [7, 11) is 0. The van der Waals surface area contributed by atoms with Crippen LogP contribution in [0.4, 0.5) is 4.79 Å². The van der Waals surface area contributed by atoms with Crippen molar-refractivity contribution in [2.24, 2.45) is 5.84 Å². The molecule has 0 saturated heterocycles. The van der Waals surface area contributed by atoms with E-state index in [9.17, 15) is 4.79 Å². The van der Waals surface area contributed by atoms with E-state index in [0.717, 1.165) is 11.4 Å². The highest BCUT2D eigenvalue weighted by molar-refractivity contribution is 7.11. The lowest BCUT2D eigenvalue weighted by Gasteiger charge is -1.99. The molecule has 1 rings (SSSR count). The number of nitrogens with one attached hydrogen (secondary N) is 2. The predicted octanol–water partition coefficient (Wildman–Crippen LogP) is 0.378. The molecule has 0 saturated carbocycles. The van der Waals surface area contributed by atoms with Crippen LogP contribution in [0.2, 0.25) is 0 Å². The fourth-order valence-corrected chi connectivity index (χ4v) is 1.60. The summed E-state index contributed by atoms with van der Waals surface area (Å²) in [4.78, 5) is 16.0. The van der Waals surface area contributed by atoms with Crippen LogP contribution < -0.4 is 16.6 Å². The largest absolute Gasteiger partial charge is 0.331 e. The number of rotatable bonds is 3. The van der Waals surface area contributed by atoms with Gasteiger partial charge in [0.05, 0.1) is 6.54 Å². The molecule has 0 atom stereocenters. The van der Waals surface area contributed by atoms with E-state index in [1.807, 2.05) is 11.6 Å². The van der Waals surface area contributed by atoms with Gasteiger partial charge in [-0.15, -0.1) is 11.3 Å². The van der Waals surface area contributed by atoms with Gasteiger partial charge in [-0.1, -0.05) is 6.92 Å². The molecule has 2 amide bonds. The minimum Gasteiger partial charge on any atom is -0.331 e. The molecule has 0 radical (unpaired) electrons. The lowest BCUT2D eigenvalue weighted by atomic mass is 10.4. The summed E-state index contributed by atoms with van der Waals surface area (Å²) < 4.78 is 0. The fraction of sp³-hybridized carbons (Fsp3) is 0.429. The van der Waals surface area contributed by atoms with E-state index >= 15 is 0 Å². The number of hydrazine groups is 1. The van der Waals surface area contributed by atoms with Crippen LogP contribution in [0.5, 0.6) is 0 Å². The molecular weight excluding hydrogens is 188 g/mol. The van der Waals surface area contributed by atoms with Gasteiger partial charge in [-0.2, -0.15) is 0 Å². The Hall–Kier alpha value is -1.14. The van der Waals surface area contributed by atoms with Crippen molar-refractivity contribution in [1.29, 1.82) is 0 Å². The summed E-state index contributed by atoms with van der Waals surface area (Å²) in [5.74, 6) is 4.89. The summed E-state index contributed by atoms with van der Waals surface area (Å²) >= 11 is 1.59. The van der Waals surface area contributed by atoms with Gasteiger partial charge in [0.15, 0.2) is 0 Å². The second-order valence-electron chi connectivity index (χ2n) is 2.40. The monoisotopic (exact) mass is 200 g/mol. The van der Waals surface area contributed by atoms with Crippen molar-refractivity contribution < 1.29 is 4.79 Å². The molecular formula is C7H12N4OS. The SMILES string of the molecule is CCc1cnc(CNC(=O)NN)s1. The van der Waals surface area contributed by atoms with E-state index < -0.39 is 6.03 Å². The van der Waals surface area contributed by atoms with Crippen LogP contribution in [0.25, 0.3) is 0 Å². The fourth-order valence-electron chi connectivity index (χ4n) is 0.800. The Kier molecular flexibility index (Phi) is 3.66. The quantitative estimate of drug-likeness (QED) is 0.375. The third-order valence-corrected chi connectivity index (χ3v) is 2.62. The highest BCUT2D eigenvalue weighted by atomic mass is 32.1. The van der Waals surface area contributed by atoms with E-state index in [1.165, 1.54) is 4.88 Å². The molecule has 1 heterocycles. The molecule has 5 nitrogen and oxygen atoms in total. The standard InChI is InChI=1S/C7H12N4OS/c1-2-5-3-9-6(13-5)4-10-7(12)11-8/h3H,2,4,8H2,1H3,(H2,10,11,12). The number of carbonyl (C=O) groups is 1. The molecule has 1 aromatic rings. The number of thiazole rings is 1. The van der Waals surface area contributed by atoms with E-state index in [2.05, 4.69) is 17.2 Å². The lowest BCUT2D eigenvalue weighted by molar-refractivity contribution is 0.241. The summed E-state index contributed by atoms with van der Waals surface area (Å²) in [5.41, 5.74) is 1.98. The third kappa shape index (κ3) is 3.00. The van der Waals surface area contributed by atoms with Gasteiger partial charge in [0.1, 0.15) is 5.01 Å². The molecule has 0 aromatic carbocycles. The summed E-state index contributed by atoms with van der Waals surface area (Å²) in [5, 5.41) is 3.45. The first-order valence-corrected chi connectivity index (χ1v) is 4.76. The van der Waals surface area contributed by atoms with Crippen LogP contribution in [-0.2, 0) is 13.0 Å². The summed E-state index contributed by atoms with van der Waals surface area (Å²) in [6.07, 6.45) is 2.79. The molecule has 0 spiro atoms. The Labute approximate surface area is 80.3 Å². The second kappa shape index (κ2) is 4.78. The highest BCUT2D eigenvalue weighted by Crippen LogP contribution is 2.12. The zero-order chi connectivity index (χ0) is 9.68. The normalized spacial score (nSPS) is 9.69. The smallest absolute Gasteiger partial charge is 0.329 e. The maximum absolute atomic E-state index is 10.7. The van der Waals surface area contributed by atoms with Crippen molar-refractivity contribution in [3.63, 3.8) is 0 Å². The number of urea groups is 1. The van der Waals surface area contributed by atoms with Gasteiger partial charge in [0.25, 0.3) is 0 Å². The van der Waals surface area contributed by atoms with Crippen LogP contribution in [0.15, 0.2) is 6.20 Å². The van der Waals surface area contributed by atoms with Gasteiger partial charge in [0.2, 0.25) is 0 Å². The molecule has 0 bridgehead atoms. The Morgan fingerprint density at radius 2 is 2.54 bits per heavy atom. The number of aromatic nitrogens is 1. The zero-order valence-corrected chi connectivity index (χ0v) is 8.15. The first-order chi connectivity index (χ1) is 6.26. The Morgan fingerprint density at radius 3 is 3.08 bits per heavy atom. The molecule has 0 aliphatic heterocycles. The molecule has 0 aliphatic rings. The minimum absolute atomic E-state index is 0.395. The van der Waals surface area contributed by atoms with Crippen LogP contribution in [-0.4, -0.2) is 11.0 Å². The van der Waals surface area contributed by atoms with Crippen LogP contribution in [0.1, 0.15) is 16.8 Å². The van der Waals surface area contributed by atoms with E-state index in [1.54, 1.807) is 11.3 Å². The molecule has 0 aliphatic carbocycles. The molecule has 72 valence electrons. The number of carbonyl (C=O) groups excluding carboxylic acids is 1. The molecule has 13 heavy (non-hydrogen) atoms. The Morgan fingerprint density at radius 1 is 1.77 bits per heavy atom. The van der Waals surface area contributed by atoms with Gasteiger partial charge in [0, 0.05) is 11.1 Å². The van der Waals surface area contributed by atoms with Crippen LogP contribution >= 0.6 is 11.3 Å². The number of hydrogen-bond donors (Lipinski definition) is 3. The number of amides is 2. The second-order valence-corrected chi connectivity index (χ2v) is 3.60. The van der Waals surface area contributed by atoms with Crippen molar-refractivity contribution in [2.45, 2.75) is 19.9 Å². The summed E-state index contributed by atoms with van der Waals surface area (Å²) in [6, 6.07) is -0.395. The topological polar surface area (TPSA) is 80.0 Å². The van der Waals surface area contributed by atoms with Crippen molar-refractivity contribution in [2.75, 3.05) is 0 Å². The molecule has 1 aromatic heterocycles. The first kappa shape index (κ1) is 9.94. The number of hydrogen-bond acceptors (Lipinski definition) is 4. The number of aryl methyl sites for hydroxylation is 1. The number of nitrogens with two attached hydrogens (primary N) is 1. The van der Waals surface area contributed by atoms with Crippen molar-refractivity contribution in [1.82, 2.24) is 15.7 Å². The molecule has 6 heteroatoms. The van der Waals surface area contributed by atoms with Gasteiger partial charge in [-0.05, 0) is 6.42 Å². The van der Waals surface area contributed by atoms with E-state index in [-0.39, 0.29) is 0 Å². The minimum atomic E-state index is -0.395. The van der Waals surface area contributed by atoms with Gasteiger partial charge < -0.3 is 5.32 Å². The molecule has 0 fully saturated rings. The van der Waals surface area contributed by atoms with Gasteiger partial charge in [-0.25, -0.2) is 15.6 Å². The molecule has 0 unspecified atom stereocenters. The van der Waals surface area contributed by atoms with Crippen LogP contribution in [0.3, 0.4) is 0 Å². The first-order valence-electron chi connectivity index (χ1n) is 3.94. The predicted molar refractivity (Wildman–Crippen MR) is 51.1 cm³/mol. The van der Waals surface area contributed by atoms with E-state index in [0.29, 0.717) is 6.54 Å². The zero-order valence-electron chi connectivity index (χ0n) is 7.33. The van der Waals surface area contributed by atoms with Crippen molar-refractivity contribution >= 4 is 17.4 Å². The average molecular weight is 200 g/mol. The van der Waals surface area contributed by atoms with Crippen molar-refractivity contribution in [3.8, 4) is 0 Å². The summed E-state index contributed by atoms with van der Waals surface area (Å²) in [6.45, 7) is 2.49. The highest BCUT2D eigenvalue weighted by Gasteiger charge is 2.01. The Bertz CT molecular complexity index is 286. The van der Waals surface area contributed by atoms with E-state index in [4.69, 9.17) is 5.84 Å². The van der Waals surface area contributed by atoms with Gasteiger partial charge >= 0.3 is 6.03 Å². The number of nitrogens with zero attached hydrogens (tertiary/aromatic N) is 1. The van der Waals surface area contributed by atoms with Crippen molar-refractivity contribution in [3.05, 3.63) is 16.1 Å².